The first kappa shape index (κ1) is 13.2. The van der Waals surface area contributed by atoms with Crippen LogP contribution in [0.5, 0.6) is 0 Å². The van der Waals surface area contributed by atoms with Crippen LogP contribution < -0.4 is 10.3 Å². The van der Waals surface area contributed by atoms with Crippen molar-refractivity contribution in [2.45, 2.75) is 32.6 Å². The molecule has 2 aliphatic rings. The van der Waals surface area contributed by atoms with Gasteiger partial charge in [0.25, 0.3) is 0 Å². The third kappa shape index (κ3) is 2.72. The van der Waals surface area contributed by atoms with Gasteiger partial charge in [0.2, 0.25) is 0 Å². The number of hydrogen-bond acceptors (Lipinski definition) is 3. The molecule has 0 unspecified atom stereocenters. The second-order valence-corrected chi connectivity index (χ2v) is 5.91. The molecule has 1 saturated heterocycles. The number of hydrogen-bond donors (Lipinski definition) is 1. The summed E-state index contributed by atoms with van der Waals surface area (Å²) in [4.78, 5) is 2.49. The Labute approximate surface area is 121 Å². The maximum Gasteiger partial charge on any atom is 0.0711 e. The van der Waals surface area contributed by atoms with Gasteiger partial charge < -0.3 is 4.90 Å². The predicted octanol–water partition coefficient (Wildman–Crippen LogP) is 3.52. The Morgan fingerprint density at radius 1 is 1.15 bits per heavy atom. The highest BCUT2D eigenvalue weighted by Crippen LogP contribution is 2.24. The van der Waals surface area contributed by atoms with Crippen LogP contribution in [0.1, 0.15) is 38.2 Å². The van der Waals surface area contributed by atoms with Gasteiger partial charge >= 0.3 is 0 Å². The first-order valence-electron chi connectivity index (χ1n) is 7.61. The van der Waals surface area contributed by atoms with E-state index < -0.39 is 0 Å². The smallest absolute Gasteiger partial charge is 0.0711 e. The molecule has 1 atom stereocenters. The van der Waals surface area contributed by atoms with Crippen molar-refractivity contribution in [2.75, 3.05) is 18.0 Å². The van der Waals surface area contributed by atoms with E-state index in [9.17, 15) is 0 Å². The van der Waals surface area contributed by atoms with Gasteiger partial charge in [-0.1, -0.05) is 25.6 Å². The van der Waals surface area contributed by atoms with Gasteiger partial charge in [-0.05, 0) is 43.4 Å². The van der Waals surface area contributed by atoms with Crippen LogP contribution >= 0.6 is 0 Å². The summed E-state index contributed by atoms with van der Waals surface area (Å²) >= 11 is 0. The summed E-state index contributed by atoms with van der Waals surface area (Å²) < 4.78 is 0. The van der Waals surface area contributed by atoms with Crippen molar-refractivity contribution >= 4 is 11.4 Å². The van der Waals surface area contributed by atoms with Crippen molar-refractivity contribution in [3.8, 4) is 0 Å². The van der Waals surface area contributed by atoms with Crippen LogP contribution in [-0.4, -0.2) is 18.8 Å². The number of allylic oxidation sites excluding steroid dienone is 1. The molecule has 106 valence electrons. The SMILES string of the molecule is C=C1C[C@@H](C)C(c2ccc(N3CCCCC3)cc2)=NN1. The van der Waals surface area contributed by atoms with Crippen molar-refractivity contribution in [3.05, 3.63) is 42.1 Å². The fourth-order valence-corrected chi connectivity index (χ4v) is 3.11. The summed E-state index contributed by atoms with van der Waals surface area (Å²) in [6.07, 6.45) is 4.97. The topological polar surface area (TPSA) is 27.6 Å². The van der Waals surface area contributed by atoms with Gasteiger partial charge in [0.15, 0.2) is 0 Å². The van der Waals surface area contributed by atoms with Crippen LogP contribution in [-0.2, 0) is 0 Å². The van der Waals surface area contributed by atoms with Crippen molar-refractivity contribution in [1.29, 1.82) is 0 Å². The lowest BCUT2D eigenvalue weighted by atomic mass is 9.93. The predicted molar refractivity (Wildman–Crippen MR) is 85.1 cm³/mol. The second-order valence-electron chi connectivity index (χ2n) is 5.91. The number of hydrazone groups is 1. The fraction of sp³-hybridized carbons (Fsp3) is 0.471. The highest BCUT2D eigenvalue weighted by molar-refractivity contribution is 6.02. The van der Waals surface area contributed by atoms with Gasteiger partial charge in [-0.3, -0.25) is 5.43 Å². The maximum atomic E-state index is 4.46. The Balaban J connectivity index is 1.77. The van der Waals surface area contributed by atoms with Gasteiger partial charge in [0.05, 0.1) is 5.71 Å². The van der Waals surface area contributed by atoms with Crippen molar-refractivity contribution in [3.63, 3.8) is 0 Å². The monoisotopic (exact) mass is 269 g/mol. The number of nitrogens with zero attached hydrogens (tertiary/aromatic N) is 2. The van der Waals surface area contributed by atoms with Crippen LogP contribution in [0.25, 0.3) is 0 Å². The molecule has 0 amide bonds. The van der Waals surface area contributed by atoms with E-state index in [2.05, 4.69) is 53.2 Å². The van der Waals surface area contributed by atoms with Gasteiger partial charge in [-0.2, -0.15) is 5.10 Å². The molecule has 3 heteroatoms. The number of piperidine rings is 1. The molecule has 0 spiro atoms. The lowest BCUT2D eigenvalue weighted by molar-refractivity contribution is 0.578. The molecule has 1 fully saturated rings. The minimum Gasteiger partial charge on any atom is -0.372 e. The lowest BCUT2D eigenvalue weighted by Crippen LogP contribution is -2.29. The quantitative estimate of drug-likeness (QED) is 0.889. The zero-order valence-corrected chi connectivity index (χ0v) is 12.2. The van der Waals surface area contributed by atoms with Gasteiger partial charge in [-0.25, -0.2) is 0 Å². The summed E-state index contributed by atoms with van der Waals surface area (Å²) in [6, 6.07) is 8.88. The molecule has 0 aromatic heterocycles. The van der Waals surface area contributed by atoms with Gasteiger partial charge in [0, 0.05) is 30.4 Å². The van der Waals surface area contributed by atoms with E-state index in [1.165, 1.54) is 43.6 Å². The summed E-state index contributed by atoms with van der Waals surface area (Å²) in [5, 5.41) is 4.46. The third-order valence-electron chi connectivity index (χ3n) is 4.24. The van der Waals surface area contributed by atoms with Crippen LogP contribution in [0.15, 0.2) is 41.6 Å². The molecule has 2 heterocycles. The van der Waals surface area contributed by atoms with Gasteiger partial charge in [-0.15, -0.1) is 0 Å². The third-order valence-corrected chi connectivity index (χ3v) is 4.24. The molecule has 1 N–H and O–H groups in total. The number of nitrogens with one attached hydrogen (secondary N) is 1. The Bertz CT molecular complexity index is 510. The van der Waals surface area contributed by atoms with E-state index in [1.807, 2.05) is 0 Å². The average Bonchev–Trinajstić information content (AvgIpc) is 2.48. The molecule has 0 saturated carbocycles. The summed E-state index contributed by atoms with van der Waals surface area (Å²) in [5.41, 5.74) is 7.73. The zero-order chi connectivity index (χ0) is 13.9. The van der Waals surface area contributed by atoms with Crippen molar-refractivity contribution in [1.82, 2.24) is 5.43 Å². The largest absolute Gasteiger partial charge is 0.372 e. The molecule has 0 aliphatic carbocycles. The van der Waals surface area contributed by atoms with E-state index in [-0.39, 0.29) is 0 Å². The summed E-state index contributed by atoms with van der Waals surface area (Å²) in [7, 11) is 0. The van der Waals surface area contributed by atoms with E-state index in [0.717, 1.165) is 17.8 Å². The Kier molecular flexibility index (Phi) is 3.77. The second kappa shape index (κ2) is 5.70. The molecule has 3 rings (SSSR count). The van der Waals surface area contributed by atoms with E-state index in [1.54, 1.807) is 0 Å². The van der Waals surface area contributed by atoms with Gasteiger partial charge in [0.1, 0.15) is 0 Å². The fourth-order valence-electron chi connectivity index (χ4n) is 3.11. The molecule has 1 aromatic rings. The first-order valence-corrected chi connectivity index (χ1v) is 7.61. The molecular weight excluding hydrogens is 246 g/mol. The molecular formula is C17H23N3. The molecule has 20 heavy (non-hydrogen) atoms. The molecule has 2 aliphatic heterocycles. The average molecular weight is 269 g/mol. The minimum atomic E-state index is 0.435. The maximum absolute atomic E-state index is 4.46. The molecule has 1 aromatic carbocycles. The zero-order valence-electron chi connectivity index (χ0n) is 12.2. The van der Waals surface area contributed by atoms with E-state index >= 15 is 0 Å². The highest BCUT2D eigenvalue weighted by Gasteiger charge is 2.19. The van der Waals surface area contributed by atoms with Crippen LogP contribution in [0, 0.1) is 5.92 Å². The molecule has 0 radical (unpaired) electrons. The minimum absolute atomic E-state index is 0.435. The summed E-state index contributed by atoms with van der Waals surface area (Å²) in [5.74, 6) is 0.435. The molecule has 0 bridgehead atoms. The Morgan fingerprint density at radius 2 is 1.85 bits per heavy atom. The summed E-state index contributed by atoms with van der Waals surface area (Å²) in [6.45, 7) is 8.54. The van der Waals surface area contributed by atoms with Crippen molar-refractivity contribution in [2.24, 2.45) is 11.0 Å². The Hall–Kier alpha value is -1.77. The normalized spacial score (nSPS) is 23.2. The lowest BCUT2D eigenvalue weighted by Gasteiger charge is -2.29. The number of benzene rings is 1. The van der Waals surface area contributed by atoms with Crippen LogP contribution in [0.2, 0.25) is 0 Å². The van der Waals surface area contributed by atoms with E-state index in [4.69, 9.17) is 0 Å². The first-order chi connectivity index (χ1) is 9.74. The Morgan fingerprint density at radius 3 is 2.50 bits per heavy atom. The highest BCUT2D eigenvalue weighted by atomic mass is 15.3. The van der Waals surface area contributed by atoms with Crippen LogP contribution in [0.3, 0.4) is 0 Å². The van der Waals surface area contributed by atoms with Crippen molar-refractivity contribution < 1.29 is 0 Å². The van der Waals surface area contributed by atoms with E-state index in [0.29, 0.717) is 5.92 Å². The number of rotatable bonds is 2. The number of anilines is 1. The molecule has 3 nitrogen and oxygen atoms in total. The van der Waals surface area contributed by atoms with Crippen LogP contribution in [0.4, 0.5) is 5.69 Å². The standard InChI is InChI=1S/C17H23N3/c1-13-12-14(2)18-19-17(13)15-6-8-16(9-7-15)20-10-4-3-5-11-20/h6-9,13,18H,2-5,10-12H2,1H3/t13-/m1/s1.